The number of hydrogen-bond donors (Lipinski definition) is 2. The second-order valence-corrected chi connectivity index (χ2v) is 5.97. The van der Waals surface area contributed by atoms with Gasteiger partial charge in [-0.1, -0.05) is 20.8 Å². The van der Waals surface area contributed by atoms with E-state index in [2.05, 4.69) is 36.0 Å². The number of nitrogens with zero attached hydrogens (tertiary/aromatic N) is 3. The molecule has 1 amide bonds. The first kappa shape index (κ1) is 12.9. The monoisotopic (exact) mass is 251 g/mol. The van der Waals surface area contributed by atoms with E-state index in [1.54, 1.807) is 0 Å². The minimum atomic E-state index is -0.105. The number of hydrogen-bond acceptors (Lipinski definition) is 4. The van der Waals surface area contributed by atoms with Crippen LogP contribution in [0.3, 0.4) is 0 Å². The first-order valence-corrected chi connectivity index (χ1v) is 6.35. The summed E-state index contributed by atoms with van der Waals surface area (Å²) in [6, 6.07) is 0. The standard InChI is InChI=1S/C12H21N5O/c1-12(2,3)8-4-6-17(7-5-8)10(18)9-14-11(13)16-15-9/h8H,4-7H2,1-3H3,(H3,13,14,15,16). The smallest absolute Gasteiger partial charge is 0.291 e. The summed E-state index contributed by atoms with van der Waals surface area (Å²) in [7, 11) is 0. The first-order chi connectivity index (χ1) is 8.38. The van der Waals surface area contributed by atoms with Gasteiger partial charge in [-0.2, -0.15) is 4.98 Å². The number of carbonyl (C=O) groups is 1. The number of rotatable bonds is 1. The van der Waals surface area contributed by atoms with E-state index in [4.69, 9.17) is 5.73 Å². The largest absolute Gasteiger partial charge is 0.366 e. The number of likely N-dealkylation sites (tertiary alicyclic amines) is 1. The Morgan fingerprint density at radius 2 is 2.00 bits per heavy atom. The Hall–Kier alpha value is -1.59. The predicted octanol–water partition coefficient (Wildman–Crippen LogP) is 1.29. The molecule has 0 atom stereocenters. The highest BCUT2D eigenvalue weighted by Gasteiger charge is 2.31. The fraction of sp³-hybridized carbons (Fsp3) is 0.750. The second kappa shape index (κ2) is 4.59. The molecule has 0 unspecified atom stereocenters. The zero-order valence-corrected chi connectivity index (χ0v) is 11.2. The molecule has 1 aromatic rings. The summed E-state index contributed by atoms with van der Waals surface area (Å²) in [5.41, 5.74) is 5.71. The van der Waals surface area contributed by atoms with Gasteiger partial charge in [-0.25, -0.2) is 0 Å². The maximum Gasteiger partial charge on any atom is 0.291 e. The van der Waals surface area contributed by atoms with Crippen LogP contribution >= 0.6 is 0 Å². The molecular formula is C12H21N5O. The average molecular weight is 251 g/mol. The summed E-state index contributed by atoms with van der Waals surface area (Å²) in [5.74, 6) is 0.914. The summed E-state index contributed by atoms with van der Waals surface area (Å²) in [5, 5.41) is 6.25. The van der Waals surface area contributed by atoms with Crippen LogP contribution in [0, 0.1) is 11.3 Å². The molecule has 0 saturated carbocycles. The van der Waals surface area contributed by atoms with Gasteiger partial charge in [-0.3, -0.25) is 9.89 Å². The molecule has 6 heteroatoms. The molecule has 2 rings (SSSR count). The maximum atomic E-state index is 12.1. The predicted molar refractivity (Wildman–Crippen MR) is 68.9 cm³/mol. The molecule has 100 valence electrons. The lowest BCUT2D eigenvalue weighted by atomic mass is 9.75. The number of amides is 1. The van der Waals surface area contributed by atoms with E-state index >= 15 is 0 Å². The third kappa shape index (κ3) is 2.63. The van der Waals surface area contributed by atoms with Crippen molar-refractivity contribution < 1.29 is 4.79 Å². The molecule has 1 aliphatic heterocycles. The van der Waals surface area contributed by atoms with Gasteiger partial charge in [0.25, 0.3) is 5.91 Å². The lowest BCUT2D eigenvalue weighted by Crippen LogP contribution is -2.41. The van der Waals surface area contributed by atoms with Crippen LogP contribution in [0.4, 0.5) is 5.95 Å². The lowest BCUT2D eigenvalue weighted by Gasteiger charge is -2.38. The van der Waals surface area contributed by atoms with Crippen LogP contribution in [0.5, 0.6) is 0 Å². The van der Waals surface area contributed by atoms with Crippen molar-refractivity contribution in [1.29, 1.82) is 0 Å². The Morgan fingerprint density at radius 1 is 1.39 bits per heavy atom. The average Bonchev–Trinajstić information content (AvgIpc) is 2.74. The van der Waals surface area contributed by atoms with Gasteiger partial charge < -0.3 is 10.6 Å². The van der Waals surface area contributed by atoms with Crippen molar-refractivity contribution in [2.24, 2.45) is 11.3 Å². The first-order valence-electron chi connectivity index (χ1n) is 6.35. The van der Waals surface area contributed by atoms with Gasteiger partial charge in [0.1, 0.15) is 0 Å². The van der Waals surface area contributed by atoms with Gasteiger partial charge in [-0.15, -0.1) is 5.10 Å². The number of aromatic nitrogens is 3. The minimum Gasteiger partial charge on any atom is -0.366 e. The molecule has 1 aromatic heterocycles. The van der Waals surface area contributed by atoms with Crippen molar-refractivity contribution in [2.75, 3.05) is 18.8 Å². The fourth-order valence-electron chi connectivity index (χ4n) is 2.47. The summed E-state index contributed by atoms with van der Waals surface area (Å²) in [6.07, 6.45) is 2.08. The Morgan fingerprint density at radius 3 is 2.44 bits per heavy atom. The maximum absolute atomic E-state index is 12.1. The van der Waals surface area contributed by atoms with E-state index in [0.29, 0.717) is 11.3 Å². The highest BCUT2D eigenvalue weighted by atomic mass is 16.2. The Kier molecular flexibility index (Phi) is 3.28. The van der Waals surface area contributed by atoms with Crippen molar-refractivity contribution in [1.82, 2.24) is 20.1 Å². The molecule has 1 saturated heterocycles. The minimum absolute atomic E-state index is 0.105. The lowest BCUT2D eigenvalue weighted by molar-refractivity contribution is 0.0597. The number of anilines is 1. The third-order valence-corrected chi connectivity index (χ3v) is 3.71. The van der Waals surface area contributed by atoms with Crippen LogP contribution in [-0.4, -0.2) is 39.1 Å². The van der Waals surface area contributed by atoms with Crippen molar-refractivity contribution in [2.45, 2.75) is 33.6 Å². The molecule has 18 heavy (non-hydrogen) atoms. The van der Waals surface area contributed by atoms with Gasteiger partial charge in [0.2, 0.25) is 11.8 Å². The molecule has 0 bridgehead atoms. The number of H-pyrrole nitrogens is 1. The van der Waals surface area contributed by atoms with Crippen LogP contribution in [0.15, 0.2) is 0 Å². The van der Waals surface area contributed by atoms with Crippen molar-refractivity contribution in [3.05, 3.63) is 5.82 Å². The van der Waals surface area contributed by atoms with Crippen molar-refractivity contribution >= 4 is 11.9 Å². The Labute approximate surface area is 107 Å². The Balaban J connectivity index is 1.96. The second-order valence-electron chi connectivity index (χ2n) is 5.97. The quantitative estimate of drug-likeness (QED) is 0.787. The number of piperidine rings is 1. The highest BCUT2D eigenvalue weighted by molar-refractivity contribution is 5.90. The summed E-state index contributed by atoms with van der Waals surface area (Å²) < 4.78 is 0. The van der Waals surface area contributed by atoms with Gasteiger partial charge in [0, 0.05) is 13.1 Å². The molecular weight excluding hydrogens is 230 g/mol. The topological polar surface area (TPSA) is 87.9 Å². The van der Waals surface area contributed by atoms with Crippen LogP contribution in [0.25, 0.3) is 0 Å². The van der Waals surface area contributed by atoms with Crippen LogP contribution in [-0.2, 0) is 0 Å². The summed E-state index contributed by atoms with van der Waals surface area (Å²) in [6.45, 7) is 8.33. The zero-order chi connectivity index (χ0) is 13.3. The van der Waals surface area contributed by atoms with Gasteiger partial charge >= 0.3 is 0 Å². The van der Waals surface area contributed by atoms with E-state index in [9.17, 15) is 4.79 Å². The number of nitrogens with two attached hydrogens (primary N) is 1. The molecule has 0 aromatic carbocycles. The molecule has 3 N–H and O–H groups in total. The fourth-order valence-corrected chi connectivity index (χ4v) is 2.47. The number of carbonyl (C=O) groups excluding carboxylic acids is 1. The Bertz CT molecular complexity index is 426. The van der Waals surface area contributed by atoms with Crippen molar-refractivity contribution in [3.8, 4) is 0 Å². The molecule has 1 fully saturated rings. The summed E-state index contributed by atoms with van der Waals surface area (Å²) >= 11 is 0. The summed E-state index contributed by atoms with van der Waals surface area (Å²) in [4.78, 5) is 17.8. The van der Waals surface area contributed by atoms with Gasteiger partial charge in [-0.05, 0) is 24.2 Å². The van der Waals surface area contributed by atoms with Gasteiger partial charge in [0.05, 0.1) is 0 Å². The van der Waals surface area contributed by atoms with Crippen LogP contribution in [0.1, 0.15) is 44.2 Å². The van der Waals surface area contributed by atoms with E-state index in [-0.39, 0.29) is 17.7 Å². The molecule has 1 aliphatic rings. The molecule has 0 radical (unpaired) electrons. The molecule has 0 aliphatic carbocycles. The van der Waals surface area contributed by atoms with Crippen LogP contribution < -0.4 is 5.73 Å². The number of aromatic amines is 1. The van der Waals surface area contributed by atoms with Gasteiger partial charge in [0.15, 0.2) is 0 Å². The highest BCUT2D eigenvalue weighted by Crippen LogP contribution is 2.34. The van der Waals surface area contributed by atoms with E-state index < -0.39 is 0 Å². The van der Waals surface area contributed by atoms with Crippen LogP contribution in [0.2, 0.25) is 0 Å². The normalized spacial score (nSPS) is 18.1. The van der Waals surface area contributed by atoms with Crippen molar-refractivity contribution in [3.63, 3.8) is 0 Å². The molecule has 0 spiro atoms. The zero-order valence-electron chi connectivity index (χ0n) is 11.2. The third-order valence-electron chi connectivity index (χ3n) is 3.71. The van der Waals surface area contributed by atoms with E-state index in [1.807, 2.05) is 4.90 Å². The molecule has 6 nitrogen and oxygen atoms in total. The number of nitrogens with one attached hydrogen (secondary N) is 1. The van der Waals surface area contributed by atoms with E-state index in [0.717, 1.165) is 25.9 Å². The molecule has 2 heterocycles. The SMILES string of the molecule is CC(C)(C)C1CCN(C(=O)c2nc(N)n[nH]2)CC1. The van der Waals surface area contributed by atoms with E-state index in [1.165, 1.54) is 0 Å². The number of nitrogen functional groups attached to an aromatic ring is 1.